The van der Waals surface area contributed by atoms with E-state index in [9.17, 15) is 4.79 Å². The first-order valence-corrected chi connectivity index (χ1v) is 5.92. The first-order valence-electron chi connectivity index (χ1n) is 5.13. The van der Waals surface area contributed by atoms with Gasteiger partial charge in [0, 0.05) is 18.0 Å². The second kappa shape index (κ2) is 6.66. The first kappa shape index (κ1) is 13.2. The second-order valence-electron chi connectivity index (χ2n) is 3.24. The van der Waals surface area contributed by atoms with Crippen LogP contribution in [0.25, 0.3) is 0 Å². The molecule has 1 rings (SSSR count). The molecule has 0 atom stereocenters. The van der Waals surface area contributed by atoms with Gasteiger partial charge in [-0.1, -0.05) is 15.9 Å². The van der Waals surface area contributed by atoms with Crippen LogP contribution in [0.3, 0.4) is 0 Å². The number of halogens is 1. The maximum Gasteiger partial charge on any atom is 0.168 e. The smallest absolute Gasteiger partial charge is 0.168 e. The zero-order chi connectivity index (χ0) is 12.0. The highest BCUT2D eigenvalue weighted by Gasteiger charge is 2.12. The Morgan fingerprint density at radius 3 is 2.81 bits per heavy atom. The number of hydrogen-bond donors (Lipinski definition) is 0. The minimum atomic E-state index is 0.0339. The van der Waals surface area contributed by atoms with Gasteiger partial charge in [-0.05, 0) is 25.1 Å². The third-order valence-electron chi connectivity index (χ3n) is 2.08. The molecule has 0 unspecified atom stereocenters. The van der Waals surface area contributed by atoms with Gasteiger partial charge >= 0.3 is 0 Å². The molecule has 0 aromatic heterocycles. The van der Waals surface area contributed by atoms with Crippen LogP contribution in [0.2, 0.25) is 0 Å². The summed E-state index contributed by atoms with van der Waals surface area (Å²) in [7, 11) is 1.58. The van der Waals surface area contributed by atoms with E-state index in [1.54, 1.807) is 19.2 Å². The number of hydrogen-bond acceptors (Lipinski definition) is 3. The Bertz CT molecular complexity index is 363. The summed E-state index contributed by atoms with van der Waals surface area (Å²) in [4.78, 5) is 11.9. The SMILES string of the molecule is CCOc1ccc(Br)cc1C(=O)CCOC. The van der Waals surface area contributed by atoms with Crippen molar-refractivity contribution in [1.29, 1.82) is 0 Å². The molecule has 0 amide bonds. The van der Waals surface area contributed by atoms with Gasteiger partial charge in [0.05, 0.1) is 18.8 Å². The molecule has 0 spiro atoms. The molecular formula is C12H15BrO3. The molecule has 88 valence electrons. The van der Waals surface area contributed by atoms with E-state index in [4.69, 9.17) is 9.47 Å². The molecule has 0 aliphatic heterocycles. The second-order valence-corrected chi connectivity index (χ2v) is 4.16. The van der Waals surface area contributed by atoms with Crippen molar-refractivity contribution >= 4 is 21.7 Å². The van der Waals surface area contributed by atoms with Crippen LogP contribution in [0.4, 0.5) is 0 Å². The molecule has 1 aromatic rings. The highest BCUT2D eigenvalue weighted by molar-refractivity contribution is 9.10. The predicted octanol–water partition coefficient (Wildman–Crippen LogP) is 3.07. The summed E-state index contributed by atoms with van der Waals surface area (Å²) in [6.45, 7) is 2.87. The molecule has 1 aromatic carbocycles. The van der Waals surface area contributed by atoms with Gasteiger partial charge in [-0.2, -0.15) is 0 Å². The average Bonchev–Trinajstić information content (AvgIpc) is 2.28. The monoisotopic (exact) mass is 286 g/mol. The normalized spacial score (nSPS) is 10.2. The van der Waals surface area contributed by atoms with Crippen molar-refractivity contribution in [3.05, 3.63) is 28.2 Å². The van der Waals surface area contributed by atoms with E-state index in [-0.39, 0.29) is 5.78 Å². The third-order valence-corrected chi connectivity index (χ3v) is 2.57. The lowest BCUT2D eigenvalue weighted by Crippen LogP contribution is -2.06. The predicted molar refractivity (Wildman–Crippen MR) is 66.1 cm³/mol. The zero-order valence-electron chi connectivity index (χ0n) is 9.46. The van der Waals surface area contributed by atoms with Gasteiger partial charge in [0.1, 0.15) is 5.75 Å². The van der Waals surface area contributed by atoms with Gasteiger partial charge in [0.15, 0.2) is 5.78 Å². The summed E-state index contributed by atoms with van der Waals surface area (Å²) >= 11 is 3.34. The largest absolute Gasteiger partial charge is 0.493 e. The van der Waals surface area contributed by atoms with Gasteiger partial charge in [-0.25, -0.2) is 0 Å². The summed E-state index contributed by atoms with van der Waals surface area (Å²) in [5.74, 6) is 0.665. The Morgan fingerprint density at radius 2 is 2.19 bits per heavy atom. The molecule has 4 heteroatoms. The van der Waals surface area contributed by atoms with Crippen molar-refractivity contribution < 1.29 is 14.3 Å². The minimum Gasteiger partial charge on any atom is -0.493 e. The molecule has 16 heavy (non-hydrogen) atoms. The van der Waals surface area contributed by atoms with Crippen LogP contribution in [0.1, 0.15) is 23.7 Å². The summed E-state index contributed by atoms with van der Waals surface area (Å²) in [5, 5.41) is 0. The summed E-state index contributed by atoms with van der Waals surface area (Å²) in [6, 6.07) is 5.44. The third kappa shape index (κ3) is 3.61. The van der Waals surface area contributed by atoms with Gasteiger partial charge < -0.3 is 9.47 Å². The maximum absolute atomic E-state index is 11.9. The molecule has 0 heterocycles. The van der Waals surface area contributed by atoms with Crippen LogP contribution in [0.5, 0.6) is 5.75 Å². The standard InChI is InChI=1S/C12H15BrO3/c1-3-16-12-5-4-9(13)8-10(12)11(14)6-7-15-2/h4-5,8H,3,6-7H2,1-2H3. The topological polar surface area (TPSA) is 35.5 Å². The lowest BCUT2D eigenvalue weighted by molar-refractivity contribution is 0.0928. The van der Waals surface area contributed by atoms with Crippen LogP contribution >= 0.6 is 15.9 Å². The number of benzene rings is 1. The van der Waals surface area contributed by atoms with Crippen molar-refractivity contribution in [3.63, 3.8) is 0 Å². The quantitative estimate of drug-likeness (QED) is 0.754. The Labute approximate surface area is 104 Å². The molecule has 0 bridgehead atoms. The van der Waals surface area contributed by atoms with Gasteiger partial charge in [-0.3, -0.25) is 4.79 Å². The van der Waals surface area contributed by atoms with Crippen molar-refractivity contribution in [2.24, 2.45) is 0 Å². The molecule has 3 nitrogen and oxygen atoms in total. The molecule has 0 saturated heterocycles. The van der Waals surface area contributed by atoms with Crippen LogP contribution in [-0.2, 0) is 4.74 Å². The molecule has 0 radical (unpaired) electrons. The van der Waals surface area contributed by atoms with Crippen molar-refractivity contribution in [1.82, 2.24) is 0 Å². The minimum absolute atomic E-state index is 0.0339. The highest BCUT2D eigenvalue weighted by atomic mass is 79.9. The maximum atomic E-state index is 11.9. The van der Waals surface area contributed by atoms with Crippen molar-refractivity contribution in [2.45, 2.75) is 13.3 Å². The van der Waals surface area contributed by atoms with E-state index >= 15 is 0 Å². The van der Waals surface area contributed by atoms with Crippen LogP contribution in [-0.4, -0.2) is 26.1 Å². The van der Waals surface area contributed by atoms with Crippen molar-refractivity contribution in [3.8, 4) is 5.75 Å². The Hall–Kier alpha value is -0.870. The average molecular weight is 287 g/mol. The molecule has 0 fully saturated rings. The van der Waals surface area contributed by atoms with E-state index in [0.29, 0.717) is 30.9 Å². The summed E-state index contributed by atoms with van der Waals surface area (Å²) in [5.41, 5.74) is 0.605. The number of carbonyl (C=O) groups is 1. The summed E-state index contributed by atoms with van der Waals surface area (Å²) in [6.07, 6.45) is 0.368. The van der Waals surface area contributed by atoms with E-state index in [1.807, 2.05) is 13.0 Å². The Balaban J connectivity index is 2.90. The molecular weight excluding hydrogens is 272 g/mol. The zero-order valence-corrected chi connectivity index (χ0v) is 11.0. The van der Waals surface area contributed by atoms with E-state index < -0.39 is 0 Å². The van der Waals surface area contributed by atoms with Crippen LogP contribution in [0.15, 0.2) is 22.7 Å². The molecule has 0 N–H and O–H groups in total. The van der Waals surface area contributed by atoms with Crippen LogP contribution in [0, 0.1) is 0 Å². The fraction of sp³-hybridized carbons (Fsp3) is 0.417. The number of methoxy groups -OCH3 is 1. The number of ketones is 1. The fourth-order valence-corrected chi connectivity index (χ4v) is 1.69. The highest BCUT2D eigenvalue weighted by Crippen LogP contribution is 2.24. The van der Waals surface area contributed by atoms with Crippen LogP contribution < -0.4 is 4.74 Å². The van der Waals surface area contributed by atoms with E-state index in [2.05, 4.69) is 15.9 Å². The Morgan fingerprint density at radius 1 is 1.44 bits per heavy atom. The lowest BCUT2D eigenvalue weighted by Gasteiger charge is -2.09. The van der Waals surface area contributed by atoms with Gasteiger partial charge in [-0.15, -0.1) is 0 Å². The fourth-order valence-electron chi connectivity index (χ4n) is 1.33. The molecule has 0 aliphatic rings. The number of ether oxygens (including phenoxy) is 2. The van der Waals surface area contributed by atoms with E-state index in [1.165, 1.54) is 0 Å². The number of rotatable bonds is 6. The molecule has 0 saturated carbocycles. The van der Waals surface area contributed by atoms with Gasteiger partial charge in [0.25, 0.3) is 0 Å². The van der Waals surface area contributed by atoms with E-state index in [0.717, 1.165) is 4.47 Å². The Kier molecular flexibility index (Phi) is 5.49. The van der Waals surface area contributed by atoms with Gasteiger partial charge in [0.2, 0.25) is 0 Å². The number of Topliss-reactive ketones (excluding diaryl/α,β-unsaturated/α-hetero) is 1. The first-order chi connectivity index (χ1) is 7.69. The van der Waals surface area contributed by atoms with Crippen molar-refractivity contribution in [2.75, 3.05) is 20.3 Å². The number of carbonyl (C=O) groups excluding carboxylic acids is 1. The summed E-state index contributed by atoms with van der Waals surface area (Å²) < 4.78 is 11.2. The lowest BCUT2D eigenvalue weighted by atomic mass is 10.1. The molecule has 0 aliphatic carbocycles.